The second-order valence-electron chi connectivity index (χ2n) is 7.77. The molecule has 3 aromatic rings. The number of aliphatic imine (C=N–C) groups is 1. The Kier molecular flexibility index (Phi) is 5.07. The molecule has 0 radical (unpaired) electrons. The average Bonchev–Trinajstić information content (AvgIpc) is 3.04. The quantitative estimate of drug-likeness (QED) is 0.598. The third kappa shape index (κ3) is 3.68. The van der Waals surface area contributed by atoms with Gasteiger partial charge in [0.1, 0.15) is 23.7 Å². The van der Waals surface area contributed by atoms with E-state index in [1.54, 1.807) is 17.9 Å². The topological polar surface area (TPSA) is 118 Å². The zero-order valence-electron chi connectivity index (χ0n) is 18.2. The normalized spacial score (nSPS) is 15.4. The fourth-order valence-corrected chi connectivity index (χ4v) is 3.61. The van der Waals surface area contributed by atoms with Gasteiger partial charge in [0.2, 0.25) is 0 Å². The summed E-state index contributed by atoms with van der Waals surface area (Å²) in [6.07, 6.45) is 1.60. The molecule has 3 heterocycles. The first-order chi connectivity index (χ1) is 14.8. The number of amidine groups is 1. The molecular weight excluding hydrogens is 392 g/mol. The van der Waals surface area contributed by atoms with Gasteiger partial charge in [-0.15, -0.1) is 0 Å². The summed E-state index contributed by atoms with van der Waals surface area (Å²) >= 11 is 0. The first kappa shape index (κ1) is 20.3. The van der Waals surface area contributed by atoms with Crippen LogP contribution in [-0.4, -0.2) is 44.6 Å². The lowest BCUT2D eigenvalue weighted by Crippen LogP contribution is -2.24. The van der Waals surface area contributed by atoms with E-state index in [4.69, 9.17) is 15.5 Å². The van der Waals surface area contributed by atoms with Gasteiger partial charge in [-0.1, -0.05) is 17.7 Å². The molecule has 0 fully saturated rings. The van der Waals surface area contributed by atoms with Gasteiger partial charge in [0.15, 0.2) is 5.82 Å². The van der Waals surface area contributed by atoms with Crippen LogP contribution < -0.4 is 10.5 Å². The van der Waals surface area contributed by atoms with Crippen molar-refractivity contribution in [3.63, 3.8) is 0 Å². The van der Waals surface area contributed by atoms with E-state index >= 15 is 0 Å². The van der Waals surface area contributed by atoms with E-state index in [1.807, 2.05) is 45.0 Å². The molecule has 1 atom stereocenters. The van der Waals surface area contributed by atoms with Crippen molar-refractivity contribution in [3.8, 4) is 23.2 Å². The monoisotopic (exact) mass is 416 g/mol. The van der Waals surface area contributed by atoms with E-state index in [-0.39, 0.29) is 17.8 Å². The molecule has 4 rings (SSSR count). The predicted octanol–water partition coefficient (Wildman–Crippen LogP) is 2.93. The number of nitriles is 1. The van der Waals surface area contributed by atoms with E-state index in [0.29, 0.717) is 29.1 Å². The van der Waals surface area contributed by atoms with Gasteiger partial charge in [0, 0.05) is 26.7 Å². The van der Waals surface area contributed by atoms with Crippen LogP contribution >= 0.6 is 0 Å². The summed E-state index contributed by atoms with van der Waals surface area (Å²) in [4.78, 5) is 15.8. The van der Waals surface area contributed by atoms with Gasteiger partial charge >= 0.3 is 0 Å². The number of rotatable bonds is 0. The summed E-state index contributed by atoms with van der Waals surface area (Å²) in [6.45, 7) is 3.96. The molecule has 0 spiro atoms. The highest BCUT2D eigenvalue weighted by atomic mass is 16.5. The summed E-state index contributed by atoms with van der Waals surface area (Å²) in [5.41, 5.74) is 11.0. The third-order valence-electron chi connectivity index (χ3n) is 5.25. The minimum atomic E-state index is -0.364. The summed E-state index contributed by atoms with van der Waals surface area (Å²) in [6, 6.07) is 8.27. The predicted molar refractivity (Wildman–Crippen MR) is 118 cm³/mol. The van der Waals surface area contributed by atoms with Crippen LogP contribution in [0.25, 0.3) is 11.3 Å². The maximum atomic E-state index is 9.76. The number of fused-ring (bicyclic) bond motifs is 5. The van der Waals surface area contributed by atoms with Gasteiger partial charge in [-0.25, -0.2) is 15.0 Å². The Morgan fingerprint density at radius 3 is 2.81 bits per heavy atom. The first-order valence-electron chi connectivity index (χ1n) is 9.89. The summed E-state index contributed by atoms with van der Waals surface area (Å²) in [5, 5.41) is 14.3. The van der Waals surface area contributed by atoms with Crippen LogP contribution in [0.4, 0.5) is 11.5 Å². The number of nitrogens with two attached hydrogens (primary N) is 1. The molecule has 0 aliphatic carbocycles. The number of ether oxygens (including phenoxy) is 1. The number of hydrogen-bond donors (Lipinski definition) is 1. The molecule has 0 unspecified atom stereocenters. The van der Waals surface area contributed by atoms with E-state index in [0.717, 1.165) is 22.6 Å². The SMILES string of the molecule is Cc1ccc2c(c1)[C@@H](C)Oc1nc(cnc1N)-c1c(nn(C)c1C#N)CC(N(C)C)=N2. The third-order valence-corrected chi connectivity index (χ3v) is 5.25. The van der Waals surface area contributed by atoms with E-state index in [1.165, 1.54) is 0 Å². The van der Waals surface area contributed by atoms with Crippen molar-refractivity contribution in [2.75, 3.05) is 19.8 Å². The van der Waals surface area contributed by atoms with Crippen molar-refractivity contribution in [2.24, 2.45) is 12.0 Å². The van der Waals surface area contributed by atoms with Gasteiger partial charge < -0.3 is 15.4 Å². The Balaban J connectivity index is 2.03. The van der Waals surface area contributed by atoms with E-state index in [9.17, 15) is 5.26 Å². The molecule has 1 aliphatic rings. The van der Waals surface area contributed by atoms with Crippen molar-refractivity contribution in [1.82, 2.24) is 24.6 Å². The zero-order chi connectivity index (χ0) is 22.3. The van der Waals surface area contributed by atoms with Crippen LogP contribution in [0.3, 0.4) is 0 Å². The standard InChI is InChI=1S/C22H24N8O/c1-12-6-7-15-14(8-12)13(2)31-22-21(24)25-11-17(27-22)20-16(9-19(26-15)29(3)4)28-30(5)18(20)10-23/h6-8,11,13H,9H2,1-5H3,(H2,24,25)/t13-/m1/s1. The molecule has 31 heavy (non-hydrogen) atoms. The summed E-state index contributed by atoms with van der Waals surface area (Å²) in [7, 11) is 5.61. The molecule has 1 aliphatic heterocycles. The Bertz CT molecular complexity index is 1240. The minimum Gasteiger partial charge on any atom is -0.467 e. The van der Waals surface area contributed by atoms with Crippen molar-refractivity contribution < 1.29 is 4.74 Å². The first-order valence-corrected chi connectivity index (χ1v) is 9.89. The second-order valence-corrected chi connectivity index (χ2v) is 7.77. The van der Waals surface area contributed by atoms with Crippen LogP contribution in [-0.2, 0) is 13.5 Å². The number of nitrogen functional groups attached to an aromatic ring is 1. The molecule has 9 heteroatoms. The molecule has 0 amide bonds. The van der Waals surface area contributed by atoms with E-state index in [2.05, 4.69) is 27.2 Å². The lowest BCUT2D eigenvalue weighted by molar-refractivity contribution is 0.219. The van der Waals surface area contributed by atoms with Crippen LogP contribution in [0.2, 0.25) is 0 Å². The van der Waals surface area contributed by atoms with Crippen LogP contribution in [0.5, 0.6) is 5.88 Å². The number of benzene rings is 1. The zero-order valence-corrected chi connectivity index (χ0v) is 18.2. The molecule has 2 aromatic heterocycles. The second kappa shape index (κ2) is 7.72. The fourth-order valence-electron chi connectivity index (χ4n) is 3.61. The number of aromatic nitrogens is 4. The number of hydrogen-bond acceptors (Lipinski definition) is 8. The molecule has 2 N–H and O–H groups in total. The fraction of sp³-hybridized carbons (Fsp3) is 0.318. The molecule has 2 bridgehead atoms. The highest BCUT2D eigenvalue weighted by Gasteiger charge is 2.25. The molecule has 0 saturated carbocycles. The highest BCUT2D eigenvalue weighted by molar-refractivity contribution is 5.88. The van der Waals surface area contributed by atoms with Crippen molar-refractivity contribution in [2.45, 2.75) is 26.4 Å². The van der Waals surface area contributed by atoms with Gasteiger partial charge in [-0.2, -0.15) is 10.4 Å². The summed E-state index contributed by atoms with van der Waals surface area (Å²) in [5.74, 6) is 1.20. The smallest absolute Gasteiger partial charge is 0.258 e. The van der Waals surface area contributed by atoms with Crippen LogP contribution in [0.1, 0.15) is 35.5 Å². The molecule has 9 nitrogen and oxygen atoms in total. The number of aryl methyl sites for hydroxylation is 2. The molecule has 0 saturated heterocycles. The van der Waals surface area contributed by atoms with Gasteiger partial charge in [0.25, 0.3) is 5.88 Å². The van der Waals surface area contributed by atoms with Gasteiger partial charge in [-0.3, -0.25) is 4.68 Å². The van der Waals surface area contributed by atoms with Crippen LogP contribution in [0.15, 0.2) is 29.4 Å². The Morgan fingerprint density at radius 1 is 1.32 bits per heavy atom. The number of likely N-dealkylation sites (N-methyl/N-ethyl adjacent to an activating group) is 1. The number of anilines is 1. The number of nitrogens with zero attached hydrogens (tertiary/aromatic N) is 7. The lowest BCUT2D eigenvalue weighted by atomic mass is 10.0. The maximum Gasteiger partial charge on any atom is 0.258 e. The highest BCUT2D eigenvalue weighted by Crippen LogP contribution is 2.35. The Hall–Kier alpha value is -3.93. The van der Waals surface area contributed by atoms with E-state index < -0.39 is 0 Å². The molecular formula is C22H24N8O. The van der Waals surface area contributed by atoms with Gasteiger partial charge in [-0.05, 0) is 19.9 Å². The van der Waals surface area contributed by atoms with Crippen molar-refractivity contribution in [3.05, 3.63) is 46.9 Å². The maximum absolute atomic E-state index is 9.76. The lowest BCUT2D eigenvalue weighted by Gasteiger charge is -2.21. The molecule has 1 aromatic carbocycles. The van der Waals surface area contributed by atoms with Gasteiger partial charge in [0.05, 0.1) is 35.3 Å². The summed E-state index contributed by atoms with van der Waals surface area (Å²) < 4.78 is 7.69. The Morgan fingerprint density at radius 2 is 2.10 bits per heavy atom. The largest absolute Gasteiger partial charge is 0.467 e. The average molecular weight is 416 g/mol. The molecule has 158 valence electrons. The van der Waals surface area contributed by atoms with Crippen LogP contribution in [0, 0.1) is 18.3 Å². The van der Waals surface area contributed by atoms with Crippen molar-refractivity contribution >= 4 is 17.3 Å². The minimum absolute atomic E-state index is 0.184. The Labute approximate surface area is 180 Å². The van der Waals surface area contributed by atoms with Crippen molar-refractivity contribution in [1.29, 1.82) is 5.26 Å².